The van der Waals surface area contributed by atoms with Gasteiger partial charge in [0.2, 0.25) is 5.95 Å². The lowest BCUT2D eigenvalue weighted by Crippen LogP contribution is -2.29. The topological polar surface area (TPSA) is 132 Å². The molecule has 5 N–H and O–H groups in total. The molecule has 1 aliphatic carbocycles. The molecule has 2 aromatic heterocycles. The molecule has 3 aromatic rings. The van der Waals surface area contributed by atoms with E-state index in [0.717, 1.165) is 51.4 Å². The van der Waals surface area contributed by atoms with Gasteiger partial charge in [-0.3, -0.25) is 0 Å². The minimum absolute atomic E-state index is 0.0168. The van der Waals surface area contributed by atoms with Crippen LogP contribution in [0.4, 0.5) is 19.1 Å². The molecular weight excluding hydrogens is 532 g/mol. The Labute approximate surface area is 224 Å². The van der Waals surface area contributed by atoms with Gasteiger partial charge in [-0.2, -0.15) is 13.2 Å². The number of alkyl halides is 3. The molecule has 0 unspecified atom stereocenters. The van der Waals surface area contributed by atoms with E-state index in [4.69, 9.17) is 0 Å². The first-order chi connectivity index (χ1) is 18.4. The van der Waals surface area contributed by atoms with Crippen LogP contribution in [0.15, 0.2) is 24.5 Å². The maximum atomic E-state index is 14.0. The zero-order valence-corrected chi connectivity index (χ0v) is 23.0. The molecule has 0 bridgehead atoms. The Hall–Kier alpha value is -2.95. The van der Waals surface area contributed by atoms with Gasteiger partial charge in [-0.05, 0) is 71.6 Å². The van der Waals surface area contributed by atoms with E-state index in [1.54, 1.807) is 0 Å². The Balaban J connectivity index is 1.64. The first-order valence-electron chi connectivity index (χ1n) is 12.9. The van der Waals surface area contributed by atoms with Crippen LogP contribution in [0.1, 0.15) is 48.0 Å². The maximum absolute atomic E-state index is 14.0. The zero-order valence-electron chi connectivity index (χ0n) is 22.2. The summed E-state index contributed by atoms with van der Waals surface area (Å²) >= 11 is 0. The molecule has 2 atom stereocenters. The van der Waals surface area contributed by atoms with Crippen molar-refractivity contribution in [1.82, 2.24) is 25.6 Å². The number of rotatable bonds is 11. The fraction of sp³-hybridized carbons (Fsp3) is 0.500. The summed E-state index contributed by atoms with van der Waals surface area (Å²) in [4.78, 5) is 22.9. The van der Waals surface area contributed by atoms with Crippen molar-refractivity contribution < 1.29 is 27.6 Å². The summed E-state index contributed by atoms with van der Waals surface area (Å²) in [6.45, 7) is 4.73. The molecule has 2 heterocycles. The van der Waals surface area contributed by atoms with E-state index in [2.05, 4.69) is 30.9 Å². The Bertz CT molecular complexity index is 1390. The first kappa shape index (κ1) is 29.0. The van der Waals surface area contributed by atoms with Crippen molar-refractivity contribution in [3.05, 3.63) is 35.7 Å². The van der Waals surface area contributed by atoms with Crippen molar-refractivity contribution in [2.24, 2.45) is 0 Å². The van der Waals surface area contributed by atoms with E-state index in [-0.39, 0.29) is 39.6 Å². The van der Waals surface area contributed by atoms with E-state index in [1.165, 1.54) is 31.7 Å². The number of nitrogens with one attached hydrogen (secondary N) is 4. The van der Waals surface area contributed by atoms with Crippen LogP contribution < -0.4 is 21.3 Å². The predicted octanol–water partition coefficient (Wildman–Crippen LogP) is 4.51. The third kappa shape index (κ3) is 6.62. The molecule has 1 saturated carbocycles. The Morgan fingerprint density at radius 3 is 2.56 bits per heavy atom. The highest BCUT2D eigenvalue weighted by molar-refractivity contribution is 7.70. The minimum Gasteiger partial charge on any atom is -0.478 e. The van der Waals surface area contributed by atoms with Gasteiger partial charge in [0, 0.05) is 40.7 Å². The minimum atomic E-state index is -4.72. The summed E-state index contributed by atoms with van der Waals surface area (Å²) in [6.07, 6.45) is 2.14. The summed E-state index contributed by atoms with van der Waals surface area (Å²) in [5.41, 5.74) is -1.15. The lowest BCUT2D eigenvalue weighted by atomic mass is 10.0. The van der Waals surface area contributed by atoms with Gasteiger partial charge in [0.25, 0.3) is 0 Å². The van der Waals surface area contributed by atoms with Crippen LogP contribution >= 0.6 is 7.14 Å². The molecular formula is C26H34F3N6O3P. The highest BCUT2D eigenvalue weighted by Gasteiger charge is 2.37. The SMILES string of the molecule is CNCCCCN[C@H]1CC[C@H](Nc2ncc(C(F)(F)F)c(-c3c[nH]c4c(P(C)(C)=O)c(C(=O)O)ccc34)n2)C1. The number of hydrogen-bond acceptors (Lipinski definition) is 7. The van der Waals surface area contributed by atoms with E-state index in [0.29, 0.717) is 11.4 Å². The zero-order chi connectivity index (χ0) is 28.4. The second-order valence-corrected chi connectivity index (χ2v) is 13.5. The molecule has 0 aliphatic heterocycles. The van der Waals surface area contributed by atoms with E-state index < -0.39 is 24.9 Å². The van der Waals surface area contributed by atoms with Crippen molar-refractivity contribution in [2.75, 3.05) is 38.8 Å². The fourth-order valence-corrected chi connectivity index (χ4v) is 6.66. The van der Waals surface area contributed by atoms with Gasteiger partial charge in [0.1, 0.15) is 12.7 Å². The lowest BCUT2D eigenvalue weighted by Gasteiger charge is -2.17. The smallest absolute Gasteiger partial charge is 0.419 e. The van der Waals surface area contributed by atoms with E-state index in [9.17, 15) is 27.6 Å². The second-order valence-electron chi connectivity index (χ2n) is 10.3. The molecule has 4 rings (SSSR count). The van der Waals surface area contributed by atoms with Crippen LogP contribution in [0.2, 0.25) is 0 Å². The number of hydrogen-bond donors (Lipinski definition) is 5. The molecule has 0 saturated heterocycles. The number of carboxylic acid groups (broad SMARTS) is 1. The number of H-pyrrole nitrogens is 1. The van der Waals surface area contributed by atoms with Gasteiger partial charge < -0.3 is 30.6 Å². The highest BCUT2D eigenvalue weighted by Crippen LogP contribution is 2.43. The number of anilines is 1. The van der Waals surface area contributed by atoms with E-state index in [1.807, 2.05) is 7.05 Å². The maximum Gasteiger partial charge on any atom is 0.419 e. The monoisotopic (exact) mass is 566 g/mol. The summed E-state index contributed by atoms with van der Waals surface area (Å²) in [5.74, 6) is -1.18. The van der Waals surface area contributed by atoms with Crippen molar-refractivity contribution in [1.29, 1.82) is 0 Å². The highest BCUT2D eigenvalue weighted by atomic mass is 31.2. The molecule has 0 amide bonds. The van der Waals surface area contributed by atoms with Crippen molar-refractivity contribution >= 4 is 35.3 Å². The lowest BCUT2D eigenvalue weighted by molar-refractivity contribution is -0.137. The van der Waals surface area contributed by atoms with Crippen LogP contribution in [0.25, 0.3) is 22.2 Å². The number of halogens is 3. The number of aromatic carboxylic acids is 1. The number of aromatic nitrogens is 3. The number of unbranched alkanes of at least 4 members (excludes halogenated alkanes) is 1. The molecule has 1 fully saturated rings. The first-order valence-corrected chi connectivity index (χ1v) is 15.5. The van der Waals surface area contributed by atoms with Crippen molar-refractivity contribution in [2.45, 2.75) is 50.4 Å². The van der Waals surface area contributed by atoms with Crippen LogP contribution in [0.3, 0.4) is 0 Å². The molecule has 13 heteroatoms. The van der Waals surface area contributed by atoms with Crippen LogP contribution in [0, 0.1) is 0 Å². The number of aromatic amines is 1. The quantitative estimate of drug-likeness (QED) is 0.169. The summed E-state index contributed by atoms with van der Waals surface area (Å²) < 4.78 is 55.1. The van der Waals surface area contributed by atoms with Gasteiger partial charge in [-0.1, -0.05) is 6.07 Å². The molecule has 9 nitrogen and oxygen atoms in total. The molecule has 0 radical (unpaired) electrons. The van der Waals surface area contributed by atoms with Crippen molar-refractivity contribution in [3.63, 3.8) is 0 Å². The Morgan fingerprint density at radius 2 is 1.90 bits per heavy atom. The number of carbonyl (C=O) groups is 1. The van der Waals surface area contributed by atoms with Crippen LogP contribution in [0.5, 0.6) is 0 Å². The summed E-state index contributed by atoms with van der Waals surface area (Å²) in [5, 5.41) is 19.9. The molecule has 1 aliphatic rings. The van der Waals surface area contributed by atoms with Gasteiger partial charge in [0.05, 0.1) is 16.8 Å². The Morgan fingerprint density at radius 1 is 1.18 bits per heavy atom. The molecule has 212 valence electrons. The number of nitrogens with zero attached hydrogens (tertiary/aromatic N) is 2. The van der Waals surface area contributed by atoms with Gasteiger partial charge in [0.15, 0.2) is 0 Å². The molecule has 39 heavy (non-hydrogen) atoms. The standard InChI is InChI=1S/C26H34F3N6O3P/c1-30-10-4-5-11-31-15-6-7-16(12-15)34-25-33-14-20(26(27,28)29)21(35-25)19-13-32-22-17(19)8-9-18(24(36)37)23(22)39(2,3)38/h8-9,13-16,30-32H,4-7,10-12H2,1-3H3,(H,36,37)(H,33,34,35)/t15-,16-/m0/s1. The summed E-state index contributed by atoms with van der Waals surface area (Å²) in [6, 6.07) is 3.03. The number of carboxylic acids is 1. The average Bonchev–Trinajstić information content (AvgIpc) is 3.48. The number of fused-ring (bicyclic) bond motifs is 1. The predicted molar refractivity (Wildman–Crippen MR) is 147 cm³/mol. The van der Waals surface area contributed by atoms with Gasteiger partial charge in [-0.15, -0.1) is 0 Å². The Kier molecular flexibility index (Phi) is 8.68. The molecule has 1 aromatic carbocycles. The second kappa shape index (κ2) is 11.7. The normalized spacial score (nSPS) is 18.1. The van der Waals surface area contributed by atoms with Crippen molar-refractivity contribution in [3.8, 4) is 11.3 Å². The van der Waals surface area contributed by atoms with E-state index >= 15 is 0 Å². The third-order valence-corrected chi connectivity index (χ3v) is 8.54. The molecule has 0 spiro atoms. The fourth-order valence-electron chi connectivity index (χ4n) is 5.19. The van der Waals surface area contributed by atoms with Gasteiger partial charge in [-0.25, -0.2) is 14.8 Å². The van der Waals surface area contributed by atoms with Gasteiger partial charge >= 0.3 is 12.1 Å². The third-order valence-electron chi connectivity index (χ3n) is 7.00. The largest absolute Gasteiger partial charge is 0.478 e. The van der Waals surface area contributed by atoms with Crippen LogP contribution in [-0.2, 0) is 10.7 Å². The van der Waals surface area contributed by atoms with Crippen LogP contribution in [-0.4, -0.2) is 71.6 Å². The summed E-state index contributed by atoms with van der Waals surface area (Å²) in [7, 11) is -1.19. The number of benzene rings is 1. The average molecular weight is 567 g/mol.